The molecular formula is C18H17FN6. The van der Waals surface area contributed by atoms with Gasteiger partial charge in [-0.2, -0.15) is 10.4 Å². The van der Waals surface area contributed by atoms with E-state index in [0.29, 0.717) is 13.0 Å². The molecule has 126 valence electrons. The van der Waals surface area contributed by atoms with E-state index in [1.807, 2.05) is 12.1 Å². The van der Waals surface area contributed by atoms with Gasteiger partial charge >= 0.3 is 0 Å². The highest BCUT2D eigenvalue weighted by atomic mass is 19.1. The van der Waals surface area contributed by atoms with Crippen LogP contribution < -0.4 is 4.90 Å². The van der Waals surface area contributed by atoms with E-state index in [1.165, 1.54) is 12.1 Å². The highest BCUT2D eigenvalue weighted by Gasteiger charge is 2.29. The number of benzene rings is 1. The SMILES string of the molecule is N#CCCn1ncc2c(N3CCC[C@@H]3c3ccc(F)cc3)ncnc21. The maximum absolute atomic E-state index is 13.2. The van der Waals surface area contributed by atoms with Crippen molar-refractivity contribution in [1.29, 1.82) is 5.26 Å². The molecule has 0 spiro atoms. The van der Waals surface area contributed by atoms with Crippen LogP contribution in [0.15, 0.2) is 36.8 Å². The summed E-state index contributed by atoms with van der Waals surface area (Å²) in [4.78, 5) is 11.1. The first-order chi connectivity index (χ1) is 12.3. The molecule has 0 N–H and O–H groups in total. The standard InChI is InChI=1S/C18H17FN6/c19-14-6-4-13(5-7-14)16-3-1-9-24(16)17-15-11-23-25(10-2-8-20)18(15)22-12-21-17/h4-7,11-12,16H,1-3,9-10H2/t16-/m1/s1. The average molecular weight is 336 g/mol. The Kier molecular flexibility index (Phi) is 4.02. The van der Waals surface area contributed by atoms with E-state index in [-0.39, 0.29) is 11.9 Å². The van der Waals surface area contributed by atoms with E-state index in [9.17, 15) is 4.39 Å². The lowest BCUT2D eigenvalue weighted by molar-refractivity contribution is 0.624. The lowest BCUT2D eigenvalue weighted by Gasteiger charge is -2.26. The molecule has 1 atom stereocenters. The van der Waals surface area contributed by atoms with Crippen LogP contribution in [0.2, 0.25) is 0 Å². The number of nitriles is 1. The smallest absolute Gasteiger partial charge is 0.163 e. The molecule has 1 aromatic carbocycles. The second-order valence-corrected chi connectivity index (χ2v) is 6.11. The number of fused-ring (bicyclic) bond motifs is 1. The number of anilines is 1. The van der Waals surface area contributed by atoms with Gasteiger partial charge in [0.15, 0.2) is 5.65 Å². The molecule has 1 fully saturated rings. The van der Waals surface area contributed by atoms with Crippen LogP contribution in [-0.4, -0.2) is 26.3 Å². The van der Waals surface area contributed by atoms with Gasteiger partial charge in [0.05, 0.1) is 36.7 Å². The number of aromatic nitrogens is 4. The largest absolute Gasteiger partial charge is 0.349 e. The first-order valence-electron chi connectivity index (χ1n) is 8.33. The summed E-state index contributed by atoms with van der Waals surface area (Å²) < 4.78 is 15.0. The van der Waals surface area contributed by atoms with Gasteiger partial charge in [-0.25, -0.2) is 19.0 Å². The van der Waals surface area contributed by atoms with Gasteiger partial charge in [0.25, 0.3) is 0 Å². The molecule has 2 aromatic heterocycles. The molecule has 25 heavy (non-hydrogen) atoms. The molecule has 0 aliphatic carbocycles. The predicted octanol–water partition coefficient (Wildman–Crippen LogP) is 3.22. The molecule has 0 saturated carbocycles. The number of hydrogen-bond acceptors (Lipinski definition) is 5. The minimum Gasteiger partial charge on any atom is -0.349 e. The lowest BCUT2D eigenvalue weighted by Crippen LogP contribution is -2.23. The molecular weight excluding hydrogens is 319 g/mol. The topological polar surface area (TPSA) is 70.6 Å². The number of hydrogen-bond donors (Lipinski definition) is 0. The Morgan fingerprint density at radius 3 is 2.88 bits per heavy atom. The van der Waals surface area contributed by atoms with Crippen molar-refractivity contribution in [2.24, 2.45) is 0 Å². The van der Waals surface area contributed by atoms with Crippen LogP contribution in [0.5, 0.6) is 0 Å². The van der Waals surface area contributed by atoms with Crippen molar-refractivity contribution in [2.75, 3.05) is 11.4 Å². The number of nitrogens with zero attached hydrogens (tertiary/aromatic N) is 6. The van der Waals surface area contributed by atoms with Crippen LogP contribution in [0, 0.1) is 17.1 Å². The summed E-state index contributed by atoms with van der Waals surface area (Å²) in [6, 6.07) is 8.98. The molecule has 6 nitrogen and oxygen atoms in total. The van der Waals surface area contributed by atoms with Gasteiger partial charge in [-0.05, 0) is 30.5 Å². The van der Waals surface area contributed by atoms with E-state index in [0.717, 1.165) is 41.8 Å². The lowest BCUT2D eigenvalue weighted by atomic mass is 10.0. The summed E-state index contributed by atoms with van der Waals surface area (Å²) in [5.41, 5.74) is 1.83. The maximum Gasteiger partial charge on any atom is 0.163 e. The van der Waals surface area contributed by atoms with Crippen molar-refractivity contribution in [2.45, 2.75) is 31.8 Å². The Labute approximate surface area is 144 Å². The number of aryl methyl sites for hydroxylation is 1. The van der Waals surface area contributed by atoms with E-state index in [4.69, 9.17) is 5.26 Å². The van der Waals surface area contributed by atoms with Gasteiger partial charge in [-0.15, -0.1) is 0 Å². The summed E-state index contributed by atoms with van der Waals surface area (Å²) in [7, 11) is 0. The van der Waals surface area contributed by atoms with Gasteiger partial charge in [-0.3, -0.25) is 0 Å². The summed E-state index contributed by atoms with van der Waals surface area (Å²) in [5, 5.41) is 14.0. The summed E-state index contributed by atoms with van der Waals surface area (Å²) in [6.45, 7) is 1.40. The first-order valence-corrected chi connectivity index (χ1v) is 8.33. The van der Waals surface area contributed by atoms with Gasteiger partial charge in [0.2, 0.25) is 0 Å². The number of rotatable bonds is 4. The quantitative estimate of drug-likeness (QED) is 0.731. The Balaban J connectivity index is 1.72. The minimum atomic E-state index is -0.225. The van der Waals surface area contributed by atoms with E-state index >= 15 is 0 Å². The van der Waals surface area contributed by atoms with Crippen LogP contribution >= 0.6 is 0 Å². The molecule has 3 aromatic rings. The molecule has 1 saturated heterocycles. The van der Waals surface area contributed by atoms with Crippen LogP contribution in [-0.2, 0) is 6.54 Å². The molecule has 0 amide bonds. The molecule has 4 rings (SSSR count). The summed E-state index contributed by atoms with van der Waals surface area (Å²) >= 11 is 0. The third-order valence-electron chi connectivity index (χ3n) is 4.63. The van der Waals surface area contributed by atoms with Crippen molar-refractivity contribution in [3.05, 3.63) is 48.2 Å². The highest BCUT2D eigenvalue weighted by Crippen LogP contribution is 2.37. The fourth-order valence-corrected chi connectivity index (χ4v) is 3.48. The molecule has 0 radical (unpaired) electrons. The van der Waals surface area contributed by atoms with Crippen molar-refractivity contribution in [3.63, 3.8) is 0 Å². The van der Waals surface area contributed by atoms with Crippen molar-refractivity contribution >= 4 is 16.9 Å². The van der Waals surface area contributed by atoms with E-state index in [1.54, 1.807) is 17.2 Å². The zero-order chi connectivity index (χ0) is 17.2. The molecule has 3 heterocycles. The summed E-state index contributed by atoms with van der Waals surface area (Å²) in [5.74, 6) is 0.622. The van der Waals surface area contributed by atoms with Crippen molar-refractivity contribution in [1.82, 2.24) is 19.7 Å². The van der Waals surface area contributed by atoms with Crippen LogP contribution in [0.4, 0.5) is 10.2 Å². The molecule has 1 aliphatic rings. The van der Waals surface area contributed by atoms with Crippen LogP contribution in [0.3, 0.4) is 0 Å². The Hall–Kier alpha value is -3.01. The average Bonchev–Trinajstić information content (AvgIpc) is 3.27. The second-order valence-electron chi connectivity index (χ2n) is 6.11. The minimum absolute atomic E-state index is 0.168. The van der Waals surface area contributed by atoms with Gasteiger partial charge in [-0.1, -0.05) is 12.1 Å². The van der Waals surface area contributed by atoms with Gasteiger partial charge < -0.3 is 4.90 Å². The first kappa shape index (κ1) is 15.5. The molecule has 7 heteroatoms. The Morgan fingerprint density at radius 2 is 2.08 bits per heavy atom. The fraction of sp³-hybridized carbons (Fsp3) is 0.333. The normalized spacial score (nSPS) is 17.1. The highest BCUT2D eigenvalue weighted by molar-refractivity contribution is 5.87. The van der Waals surface area contributed by atoms with Gasteiger partial charge in [0, 0.05) is 6.54 Å². The zero-order valence-corrected chi connectivity index (χ0v) is 13.6. The second kappa shape index (κ2) is 6.48. The van der Waals surface area contributed by atoms with E-state index < -0.39 is 0 Å². The molecule has 0 bridgehead atoms. The predicted molar refractivity (Wildman–Crippen MR) is 91.3 cm³/mol. The summed E-state index contributed by atoms with van der Waals surface area (Å²) in [6.07, 6.45) is 5.75. The zero-order valence-electron chi connectivity index (χ0n) is 13.6. The Bertz CT molecular complexity index is 927. The maximum atomic E-state index is 13.2. The molecule has 0 unspecified atom stereocenters. The van der Waals surface area contributed by atoms with Crippen LogP contribution in [0.25, 0.3) is 11.0 Å². The third-order valence-corrected chi connectivity index (χ3v) is 4.63. The van der Waals surface area contributed by atoms with Crippen LogP contribution in [0.1, 0.15) is 30.9 Å². The molecule has 1 aliphatic heterocycles. The van der Waals surface area contributed by atoms with Crippen molar-refractivity contribution in [3.8, 4) is 6.07 Å². The fourth-order valence-electron chi connectivity index (χ4n) is 3.48. The van der Waals surface area contributed by atoms with Gasteiger partial charge in [0.1, 0.15) is 18.0 Å². The Morgan fingerprint density at radius 1 is 1.24 bits per heavy atom. The monoisotopic (exact) mass is 336 g/mol. The third kappa shape index (κ3) is 2.80. The number of halogens is 1. The van der Waals surface area contributed by atoms with E-state index in [2.05, 4.69) is 26.0 Å². The van der Waals surface area contributed by atoms with Crippen molar-refractivity contribution < 1.29 is 4.39 Å².